The Morgan fingerprint density at radius 3 is 2.61 bits per heavy atom. The molecule has 0 fully saturated rings. The maximum Gasteiger partial charge on any atom is 0.109 e. The highest BCUT2D eigenvalue weighted by molar-refractivity contribution is 7.10. The van der Waals surface area contributed by atoms with Crippen molar-refractivity contribution in [3.05, 3.63) is 39.0 Å². The molecule has 2 aromatic rings. The number of nitrogens with one attached hydrogen (secondary N) is 1. The summed E-state index contributed by atoms with van der Waals surface area (Å²) < 4.78 is 0. The molecule has 0 aliphatic heterocycles. The fourth-order valence-corrected chi connectivity index (χ4v) is 3.80. The highest BCUT2D eigenvalue weighted by atomic mass is 32.1. The molecule has 2 rings (SSSR count). The largest absolute Gasteiger partial charge is 0.300 e. The monoisotopic (exact) mass is 280 g/mol. The number of hydrogen-bond donors (Lipinski definition) is 1. The minimum absolute atomic E-state index is 0.361. The second kappa shape index (κ2) is 6.45. The van der Waals surface area contributed by atoms with Crippen LogP contribution in [0.4, 0.5) is 0 Å². The standard InChI is InChI=1S/C14H20N2S2/c1-4-11(14-15-7-9-18-14)16-13(10(2)3)12-6-5-8-17-12/h5-11,13,16H,4H2,1-3H3. The van der Waals surface area contributed by atoms with Crippen LogP contribution in [0.3, 0.4) is 0 Å². The lowest BCUT2D eigenvalue weighted by Gasteiger charge is -2.26. The first-order chi connectivity index (χ1) is 8.72. The molecule has 2 aromatic heterocycles. The SMILES string of the molecule is CCC(NC(c1cccs1)C(C)C)c1nccs1. The van der Waals surface area contributed by atoms with E-state index in [1.807, 2.05) is 17.5 Å². The molecule has 0 saturated heterocycles. The highest BCUT2D eigenvalue weighted by Crippen LogP contribution is 2.30. The third-order valence-corrected chi connectivity index (χ3v) is 4.90. The Morgan fingerprint density at radius 2 is 2.11 bits per heavy atom. The summed E-state index contributed by atoms with van der Waals surface area (Å²) in [5.74, 6) is 0.581. The van der Waals surface area contributed by atoms with E-state index in [0.29, 0.717) is 18.0 Å². The summed E-state index contributed by atoms with van der Waals surface area (Å²) in [6.07, 6.45) is 2.96. The summed E-state index contributed by atoms with van der Waals surface area (Å²) in [5, 5.41) is 9.16. The molecule has 0 amide bonds. The van der Waals surface area contributed by atoms with Crippen molar-refractivity contribution in [1.82, 2.24) is 10.3 Å². The van der Waals surface area contributed by atoms with Gasteiger partial charge in [0.05, 0.1) is 6.04 Å². The number of nitrogens with zero attached hydrogens (tertiary/aromatic N) is 1. The summed E-state index contributed by atoms with van der Waals surface area (Å²) in [7, 11) is 0. The zero-order chi connectivity index (χ0) is 13.0. The number of rotatable bonds is 6. The second-order valence-corrected chi connectivity index (χ2v) is 6.64. The summed E-state index contributed by atoms with van der Waals surface area (Å²) >= 11 is 3.57. The second-order valence-electron chi connectivity index (χ2n) is 4.73. The number of thiophene rings is 1. The van der Waals surface area contributed by atoms with Gasteiger partial charge >= 0.3 is 0 Å². The van der Waals surface area contributed by atoms with E-state index < -0.39 is 0 Å². The van der Waals surface area contributed by atoms with E-state index in [0.717, 1.165) is 6.42 Å². The van der Waals surface area contributed by atoms with E-state index in [2.05, 4.69) is 54.0 Å². The van der Waals surface area contributed by atoms with Gasteiger partial charge < -0.3 is 5.32 Å². The molecule has 18 heavy (non-hydrogen) atoms. The Kier molecular flexibility index (Phi) is 4.92. The Hall–Kier alpha value is -0.710. The van der Waals surface area contributed by atoms with Gasteiger partial charge in [-0.3, -0.25) is 0 Å². The first-order valence-electron chi connectivity index (χ1n) is 6.41. The zero-order valence-corrected chi connectivity index (χ0v) is 12.7. The third kappa shape index (κ3) is 3.19. The molecular formula is C14H20N2S2. The number of hydrogen-bond acceptors (Lipinski definition) is 4. The smallest absolute Gasteiger partial charge is 0.109 e. The van der Waals surface area contributed by atoms with Crippen LogP contribution in [-0.4, -0.2) is 4.98 Å². The minimum atomic E-state index is 0.361. The molecule has 4 heteroatoms. The predicted octanol–water partition coefficient (Wildman–Crippen LogP) is 4.64. The fourth-order valence-electron chi connectivity index (χ4n) is 2.06. The number of thiazole rings is 1. The Labute approximate surface area is 117 Å². The Balaban J connectivity index is 2.13. The molecule has 98 valence electrons. The molecule has 0 spiro atoms. The van der Waals surface area contributed by atoms with Crippen molar-refractivity contribution in [1.29, 1.82) is 0 Å². The van der Waals surface area contributed by atoms with Crippen LogP contribution in [-0.2, 0) is 0 Å². The van der Waals surface area contributed by atoms with E-state index in [4.69, 9.17) is 0 Å². The molecule has 0 bridgehead atoms. The third-order valence-electron chi connectivity index (χ3n) is 3.05. The summed E-state index contributed by atoms with van der Waals surface area (Å²) in [5.41, 5.74) is 0. The van der Waals surface area contributed by atoms with E-state index >= 15 is 0 Å². The van der Waals surface area contributed by atoms with Crippen molar-refractivity contribution in [2.24, 2.45) is 5.92 Å². The molecule has 2 nitrogen and oxygen atoms in total. The van der Waals surface area contributed by atoms with Crippen LogP contribution >= 0.6 is 22.7 Å². The predicted molar refractivity (Wildman–Crippen MR) is 80.2 cm³/mol. The minimum Gasteiger partial charge on any atom is -0.300 e. The average Bonchev–Trinajstić information content (AvgIpc) is 3.02. The van der Waals surface area contributed by atoms with Crippen molar-refractivity contribution in [2.75, 3.05) is 0 Å². The van der Waals surface area contributed by atoms with Crippen LogP contribution in [0.5, 0.6) is 0 Å². The lowest BCUT2D eigenvalue weighted by Crippen LogP contribution is -2.29. The number of aromatic nitrogens is 1. The van der Waals surface area contributed by atoms with Crippen molar-refractivity contribution in [3.63, 3.8) is 0 Å². The quantitative estimate of drug-likeness (QED) is 0.833. The van der Waals surface area contributed by atoms with Crippen LogP contribution in [0.1, 0.15) is 49.2 Å². The maximum atomic E-state index is 4.44. The first kappa shape index (κ1) is 13.7. The summed E-state index contributed by atoms with van der Waals surface area (Å²) in [4.78, 5) is 5.86. The fraction of sp³-hybridized carbons (Fsp3) is 0.500. The Morgan fingerprint density at radius 1 is 1.28 bits per heavy atom. The van der Waals surface area contributed by atoms with Gasteiger partial charge in [-0.25, -0.2) is 4.98 Å². The molecule has 0 aromatic carbocycles. The van der Waals surface area contributed by atoms with Crippen LogP contribution in [0.15, 0.2) is 29.1 Å². The Bertz CT molecular complexity index is 434. The lowest BCUT2D eigenvalue weighted by atomic mass is 10.0. The van der Waals surface area contributed by atoms with Crippen molar-refractivity contribution in [3.8, 4) is 0 Å². The van der Waals surface area contributed by atoms with Gasteiger partial charge in [0.1, 0.15) is 5.01 Å². The van der Waals surface area contributed by atoms with Gasteiger partial charge in [0, 0.05) is 22.5 Å². The van der Waals surface area contributed by atoms with Gasteiger partial charge in [0.2, 0.25) is 0 Å². The van der Waals surface area contributed by atoms with Gasteiger partial charge in [0.15, 0.2) is 0 Å². The molecule has 2 heterocycles. The molecule has 2 unspecified atom stereocenters. The maximum absolute atomic E-state index is 4.44. The molecule has 0 radical (unpaired) electrons. The summed E-state index contributed by atoms with van der Waals surface area (Å²) in [6, 6.07) is 5.12. The molecule has 0 saturated carbocycles. The summed E-state index contributed by atoms with van der Waals surface area (Å²) in [6.45, 7) is 6.75. The molecular weight excluding hydrogens is 260 g/mol. The topological polar surface area (TPSA) is 24.9 Å². The van der Waals surface area contributed by atoms with Crippen molar-refractivity contribution in [2.45, 2.75) is 39.3 Å². The highest BCUT2D eigenvalue weighted by Gasteiger charge is 2.22. The molecule has 0 aliphatic rings. The van der Waals surface area contributed by atoms with Crippen molar-refractivity contribution >= 4 is 22.7 Å². The van der Waals surface area contributed by atoms with Gasteiger partial charge in [-0.05, 0) is 23.8 Å². The molecule has 2 atom stereocenters. The van der Waals surface area contributed by atoms with Crippen LogP contribution in [0, 0.1) is 5.92 Å². The lowest BCUT2D eigenvalue weighted by molar-refractivity contribution is 0.361. The van der Waals surface area contributed by atoms with Crippen molar-refractivity contribution < 1.29 is 0 Å². The van der Waals surface area contributed by atoms with E-state index in [-0.39, 0.29) is 0 Å². The van der Waals surface area contributed by atoms with Gasteiger partial charge in [0.25, 0.3) is 0 Å². The molecule has 1 N–H and O–H groups in total. The van der Waals surface area contributed by atoms with E-state index in [9.17, 15) is 0 Å². The van der Waals surface area contributed by atoms with Gasteiger partial charge in [-0.1, -0.05) is 26.8 Å². The average molecular weight is 280 g/mol. The van der Waals surface area contributed by atoms with Crippen LogP contribution < -0.4 is 5.32 Å². The van der Waals surface area contributed by atoms with E-state index in [1.54, 1.807) is 11.3 Å². The van der Waals surface area contributed by atoms with Gasteiger partial charge in [-0.2, -0.15) is 0 Å². The molecule has 0 aliphatic carbocycles. The zero-order valence-electron chi connectivity index (χ0n) is 11.1. The van der Waals surface area contributed by atoms with Crippen LogP contribution in [0.25, 0.3) is 0 Å². The van der Waals surface area contributed by atoms with Crippen LogP contribution in [0.2, 0.25) is 0 Å². The first-order valence-corrected chi connectivity index (χ1v) is 8.17. The van der Waals surface area contributed by atoms with Gasteiger partial charge in [-0.15, -0.1) is 22.7 Å². The normalized spacial score (nSPS) is 14.9. The van der Waals surface area contributed by atoms with E-state index in [1.165, 1.54) is 9.88 Å².